The van der Waals surface area contributed by atoms with E-state index in [0.717, 1.165) is 18.3 Å². The largest absolute Gasteiger partial charge is 0.466 e. The lowest BCUT2D eigenvalue weighted by atomic mass is 10.1. The average Bonchev–Trinajstić information content (AvgIpc) is 2.63. The van der Waals surface area contributed by atoms with Crippen LogP contribution in [0.4, 0.5) is 29.2 Å². The van der Waals surface area contributed by atoms with E-state index >= 15 is 0 Å². The Bertz CT molecular complexity index is 734. The van der Waals surface area contributed by atoms with Gasteiger partial charge in [-0.05, 0) is 17.7 Å². The third-order valence-electron chi connectivity index (χ3n) is 3.55. The van der Waals surface area contributed by atoms with Crippen molar-refractivity contribution >= 4 is 11.6 Å². The van der Waals surface area contributed by atoms with Gasteiger partial charge < -0.3 is 20.1 Å². The molecule has 0 radical (unpaired) electrons. The van der Waals surface area contributed by atoms with E-state index in [0.29, 0.717) is 18.8 Å². The second-order valence-electron chi connectivity index (χ2n) is 5.56. The van der Waals surface area contributed by atoms with Gasteiger partial charge in [0.1, 0.15) is 0 Å². The molecule has 2 N–H and O–H groups in total. The Morgan fingerprint density at radius 2 is 2.04 bits per heavy atom. The predicted molar refractivity (Wildman–Crippen MR) is 84.8 cm³/mol. The monoisotopic (exact) mass is 372 g/mol. The molecule has 6 nitrogen and oxygen atoms in total. The molecule has 1 atom stereocenters. The summed E-state index contributed by atoms with van der Waals surface area (Å²) in [5, 5.41) is 6.02. The van der Waals surface area contributed by atoms with E-state index in [2.05, 4.69) is 25.3 Å². The van der Waals surface area contributed by atoms with E-state index in [9.17, 15) is 17.6 Å². The van der Waals surface area contributed by atoms with Gasteiger partial charge in [-0.25, -0.2) is 4.98 Å². The fourth-order valence-electron chi connectivity index (χ4n) is 2.35. The van der Waals surface area contributed by atoms with Crippen LogP contribution in [0.5, 0.6) is 5.88 Å². The van der Waals surface area contributed by atoms with Crippen molar-refractivity contribution in [1.29, 1.82) is 0 Å². The van der Waals surface area contributed by atoms with Gasteiger partial charge in [0.25, 0.3) is 5.88 Å². The van der Waals surface area contributed by atoms with Crippen molar-refractivity contribution in [2.75, 3.05) is 31.6 Å². The highest BCUT2D eigenvalue weighted by Gasteiger charge is 2.29. The molecule has 0 amide bonds. The zero-order chi connectivity index (χ0) is 18.6. The lowest BCUT2D eigenvalue weighted by Crippen LogP contribution is -2.33. The number of nitrogens with zero attached hydrogens (tertiary/aromatic N) is 2. The Kier molecular flexibility index (Phi) is 5.52. The van der Waals surface area contributed by atoms with Crippen molar-refractivity contribution in [3.8, 4) is 5.88 Å². The maximum absolute atomic E-state index is 13.5. The molecule has 2 aromatic rings. The quantitative estimate of drug-likeness (QED) is 0.787. The fraction of sp³-hybridized carbons (Fsp3) is 0.375. The van der Waals surface area contributed by atoms with Crippen LogP contribution in [-0.2, 0) is 4.74 Å². The van der Waals surface area contributed by atoms with Gasteiger partial charge in [0, 0.05) is 18.8 Å². The smallest absolute Gasteiger partial charge is 0.422 e. The van der Waals surface area contributed by atoms with Gasteiger partial charge in [0.2, 0.25) is 11.8 Å². The number of aromatic nitrogens is 2. The van der Waals surface area contributed by atoms with Crippen LogP contribution in [-0.4, -0.2) is 42.4 Å². The van der Waals surface area contributed by atoms with Crippen LogP contribution in [0.1, 0.15) is 11.7 Å². The highest BCUT2D eigenvalue weighted by Crippen LogP contribution is 2.24. The van der Waals surface area contributed by atoms with E-state index in [1.807, 2.05) is 12.1 Å². The summed E-state index contributed by atoms with van der Waals surface area (Å²) >= 11 is 0. The average molecular weight is 372 g/mol. The van der Waals surface area contributed by atoms with Crippen LogP contribution in [0, 0.1) is 5.82 Å². The molecule has 1 aromatic heterocycles. The normalized spacial score (nSPS) is 17.8. The number of nitrogens with one attached hydrogen (secondary N) is 2. The van der Waals surface area contributed by atoms with Crippen molar-refractivity contribution in [3.05, 3.63) is 41.8 Å². The first-order valence-electron chi connectivity index (χ1n) is 7.82. The number of rotatable bonds is 5. The summed E-state index contributed by atoms with van der Waals surface area (Å²) in [7, 11) is 0. The number of anilines is 2. The number of halogens is 4. The minimum Gasteiger partial charge on any atom is -0.466 e. The molecule has 0 unspecified atom stereocenters. The molecule has 3 rings (SSSR count). The van der Waals surface area contributed by atoms with Gasteiger partial charge in [-0.15, -0.1) is 0 Å². The van der Waals surface area contributed by atoms with Crippen LogP contribution in [0.15, 0.2) is 30.5 Å². The van der Waals surface area contributed by atoms with Crippen LogP contribution >= 0.6 is 0 Å². The fourth-order valence-corrected chi connectivity index (χ4v) is 2.35. The number of ether oxygens (including phenoxy) is 2. The van der Waals surface area contributed by atoms with Gasteiger partial charge in [-0.2, -0.15) is 22.5 Å². The van der Waals surface area contributed by atoms with Gasteiger partial charge in [0.15, 0.2) is 6.61 Å². The number of hydrogen-bond acceptors (Lipinski definition) is 6. The third kappa shape index (κ3) is 5.02. The van der Waals surface area contributed by atoms with Crippen LogP contribution in [0.2, 0.25) is 0 Å². The molecule has 1 saturated heterocycles. The molecule has 140 valence electrons. The molecule has 0 spiro atoms. The van der Waals surface area contributed by atoms with Crippen molar-refractivity contribution in [2.45, 2.75) is 12.3 Å². The van der Waals surface area contributed by atoms with E-state index < -0.39 is 24.5 Å². The van der Waals surface area contributed by atoms with Crippen LogP contribution < -0.4 is 15.4 Å². The Morgan fingerprint density at radius 1 is 1.27 bits per heavy atom. The zero-order valence-corrected chi connectivity index (χ0v) is 13.5. The topological polar surface area (TPSA) is 68.3 Å². The molecule has 0 aliphatic carbocycles. The first-order valence-corrected chi connectivity index (χ1v) is 7.82. The van der Waals surface area contributed by atoms with Crippen molar-refractivity contribution < 1.29 is 27.0 Å². The predicted octanol–water partition coefficient (Wildman–Crippen LogP) is 2.96. The van der Waals surface area contributed by atoms with Gasteiger partial charge in [-0.3, -0.25) is 0 Å². The van der Waals surface area contributed by atoms with E-state index in [1.165, 1.54) is 0 Å². The summed E-state index contributed by atoms with van der Waals surface area (Å²) in [6.07, 6.45) is -3.88. The van der Waals surface area contributed by atoms with Crippen molar-refractivity contribution in [1.82, 2.24) is 15.3 Å². The highest BCUT2D eigenvalue weighted by molar-refractivity contribution is 5.54. The van der Waals surface area contributed by atoms with E-state index in [1.54, 1.807) is 12.1 Å². The van der Waals surface area contributed by atoms with Crippen LogP contribution in [0.3, 0.4) is 0 Å². The Morgan fingerprint density at radius 3 is 2.69 bits per heavy atom. The third-order valence-corrected chi connectivity index (χ3v) is 3.55. The van der Waals surface area contributed by atoms with Gasteiger partial charge in [-0.1, -0.05) is 12.1 Å². The van der Waals surface area contributed by atoms with Gasteiger partial charge >= 0.3 is 6.18 Å². The molecule has 1 aliphatic heterocycles. The summed E-state index contributed by atoms with van der Waals surface area (Å²) in [4.78, 5) is 7.33. The summed E-state index contributed by atoms with van der Waals surface area (Å²) in [6, 6.07) is 7.20. The minimum atomic E-state index is -4.59. The second-order valence-corrected chi connectivity index (χ2v) is 5.56. The first-order chi connectivity index (χ1) is 12.4. The molecule has 0 bridgehead atoms. The molecule has 1 aliphatic rings. The summed E-state index contributed by atoms with van der Waals surface area (Å²) in [6.45, 7) is 0.532. The zero-order valence-electron chi connectivity index (χ0n) is 13.5. The molecule has 10 heteroatoms. The highest BCUT2D eigenvalue weighted by atomic mass is 19.4. The van der Waals surface area contributed by atoms with Gasteiger partial charge in [0.05, 0.1) is 18.9 Å². The Hall–Kier alpha value is -2.46. The number of morpholine rings is 1. The number of benzene rings is 1. The Balaban J connectivity index is 1.66. The maximum atomic E-state index is 13.5. The maximum Gasteiger partial charge on any atom is 0.422 e. The summed E-state index contributed by atoms with van der Waals surface area (Å²) < 4.78 is 60.1. The lowest BCUT2D eigenvalue weighted by Gasteiger charge is -2.24. The number of alkyl halides is 3. The summed E-state index contributed by atoms with van der Waals surface area (Å²) in [5.41, 5.74) is 1.57. The number of hydrogen-bond donors (Lipinski definition) is 2. The molecular weight excluding hydrogens is 356 g/mol. The van der Waals surface area contributed by atoms with Crippen LogP contribution in [0.25, 0.3) is 0 Å². The Labute approximate surface area is 146 Å². The van der Waals surface area contributed by atoms with E-state index in [4.69, 9.17) is 4.74 Å². The molecule has 1 fully saturated rings. The second kappa shape index (κ2) is 7.83. The molecular formula is C16H16F4N4O2. The van der Waals surface area contributed by atoms with E-state index in [-0.39, 0.29) is 12.1 Å². The summed E-state index contributed by atoms with van der Waals surface area (Å²) in [5.74, 6) is -1.91. The molecule has 26 heavy (non-hydrogen) atoms. The SMILES string of the molecule is Fc1cnc(Nc2ccc([C@@H]3CNCCO3)cc2)nc1OCC(F)(F)F. The molecule has 2 heterocycles. The van der Waals surface area contributed by atoms with Crippen molar-refractivity contribution in [3.63, 3.8) is 0 Å². The molecule has 0 saturated carbocycles. The van der Waals surface area contributed by atoms with Crippen molar-refractivity contribution in [2.24, 2.45) is 0 Å². The standard InChI is InChI=1S/C16H16F4N4O2/c17-12-7-22-15(24-14(12)26-9-16(18,19)20)23-11-3-1-10(2-4-11)13-8-21-5-6-25-13/h1-4,7,13,21H,5-6,8-9H2,(H,22,23,24)/t13-/m0/s1. The first kappa shape index (κ1) is 18.3. The minimum absolute atomic E-state index is 0.0396. The molecule has 1 aromatic carbocycles. The lowest BCUT2D eigenvalue weighted by molar-refractivity contribution is -0.154.